The number of nitrogens with zero attached hydrogens (tertiary/aromatic N) is 3. The molecule has 0 bridgehead atoms. The van der Waals surface area contributed by atoms with Crippen molar-refractivity contribution in [3.8, 4) is 11.5 Å². The average molecular weight is 406 g/mol. The lowest BCUT2D eigenvalue weighted by molar-refractivity contribution is -0.384. The van der Waals surface area contributed by atoms with Gasteiger partial charge in [-0.1, -0.05) is 6.07 Å². The molecular formula is C21H18N4O5. The molecule has 9 nitrogen and oxygen atoms in total. The third-order valence-electron chi connectivity index (χ3n) is 4.07. The number of nitro groups is 1. The first-order valence-corrected chi connectivity index (χ1v) is 8.85. The lowest BCUT2D eigenvalue weighted by Gasteiger charge is -2.13. The number of amides is 1. The number of carbonyl (C=O) groups excluding carboxylic acids is 1. The molecule has 152 valence electrons. The standard InChI is InChI=1S/C21H18N4O5/c1-29-19-4-2-3-17(13-23-24-21(26)16-9-11-22-12-10-16)20(19)30-14-15-5-7-18(8-6-15)25(27)28/h2-13H,14H2,1H3,(H,24,26)/b23-13+. The Hall–Kier alpha value is -4.27. The van der Waals surface area contributed by atoms with Gasteiger partial charge in [-0.15, -0.1) is 0 Å². The van der Waals surface area contributed by atoms with Crippen LogP contribution >= 0.6 is 0 Å². The summed E-state index contributed by atoms with van der Waals surface area (Å²) in [4.78, 5) is 26.2. The maximum absolute atomic E-state index is 12.1. The van der Waals surface area contributed by atoms with Crippen LogP contribution in [0, 0.1) is 10.1 Å². The predicted molar refractivity (Wildman–Crippen MR) is 110 cm³/mol. The lowest BCUT2D eigenvalue weighted by atomic mass is 10.2. The maximum atomic E-state index is 12.1. The molecule has 0 spiro atoms. The second-order valence-corrected chi connectivity index (χ2v) is 6.03. The Morgan fingerprint density at radius 3 is 2.57 bits per heavy atom. The van der Waals surface area contributed by atoms with Crippen LogP contribution in [-0.2, 0) is 6.61 Å². The number of rotatable bonds is 8. The SMILES string of the molecule is COc1cccc(/C=N/NC(=O)c2ccncc2)c1OCc1ccc([N+](=O)[O-])cc1. The van der Waals surface area contributed by atoms with E-state index in [4.69, 9.17) is 9.47 Å². The van der Waals surface area contributed by atoms with Gasteiger partial charge in [-0.2, -0.15) is 5.10 Å². The molecule has 3 rings (SSSR count). The Labute approximate surface area is 172 Å². The summed E-state index contributed by atoms with van der Waals surface area (Å²) < 4.78 is 11.2. The van der Waals surface area contributed by atoms with E-state index in [1.54, 1.807) is 42.5 Å². The molecule has 9 heteroatoms. The van der Waals surface area contributed by atoms with Crippen LogP contribution in [0.5, 0.6) is 11.5 Å². The minimum Gasteiger partial charge on any atom is -0.493 e. The third kappa shape index (κ3) is 5.16. The van der Waals surface area contributed by atoms with Crippen molar-refractivity contribution in [1.29, 1.82) is 0 Å². The summed E-state index contributed by atoms with van der Waals surface area (Å²) in [6.07, 6.45) is 4.49. The zero-order valence-electron chi connectivity index (χ0n) is 16.0. The van der Waals surface area contributed by atoms with Gasteiger partial charge in [-0.3, -0.25) is 19.9 Å². The van der Waals surface area contributed by atoms with E-state index >= 15 is 0 Å². The number of aromatic nitrogens is 1. The number of para-hydroxylation sites is 1. The highest BCUT2D eigenvalue weighted by Gasteiger charge is 2.11. The fourth-order valence-corrected chi connectivity index (χ4v) is 2.55. The molecule has 0 unspecified atom stereocenters. The van der Waals surface area contributed by atoms with E-state index in [0.29, 0.717) is 22.6 Å². The third-order valence-corrected chi connectivity index (χ3v) is 4.07. The summed E-state index contributed by atoms with van der Waals surface area (Å²) in [6, 6.07) is 14.5. The van der Waals surface area contributed by atoms with Crippen LogP contribution in [0.15, 0.2) is 72.1 Å². The Balaban J connectivity index is 1.72. The van der Waals surface area contributed by atoms with Crippen molar-refractivity contribution in [1.82, 2.24) is 10.4 Å². The summed E-state index contributed by atoms with van der Waals surface area (Å²) in [6.45, 7) is 0.169. The number of hydrogen-bond acceptors (Lipinski definition) is 7. The predicted octanol–water partition coefficient (Wildman–Crippen LogP) is 3.34. The molecular weight excluding hydrogens is 388 g/mol. The van der Waals surface area contributed by atoms with Crippen LogP contribution in [-0.4, -0.2) is 29.1 Å². The topological polar surface area (TPSA) is 116 Å². The highest BCUT2D eigenvalue weighted by atomic mass is 16.6. The average Bonchev–Trinajstić information content (AvgIpc) is 2.78. The maximum Gasteiger partial charge on any atom is 0.271 e. The number of methoxy groups -OCH3 is 1. The minimum absolute atomic E-state index is 0.00815. The first-order chi connectivity index (χ1) is 14.6. The summed E-state index contributed by atoms with van der Waals surface area (Å²) in [5.41, 5.74) is 4.23. The number of pyridine rings is 1. The van der Waals surface area contributed by atoms with Gasteiger partial charge < -0.3 is 9.47 Å². The summed E-state index contributed by atoms with van der Waals surface area (Å²) >= 11 is 0. The van der Waals surface area contributed by atoms with Crippen LogP contribution in [0.4, 0.5) is 5.69 Å². The van der Waals surface area contributed by atoms with E-state index in [1.807, 2.05) is 0 Å². The van der Waals surface area contributed by atoms with Crippen molar-refractivity contribution in [3.63, 3.8) is 0 Å². The highest BCUT2D eigenvalue weighted by Crippen LogP contribution is 2.31. The van der Waals surface area contributed by atoms with E-state index in [-0.39, 0.29) is 18.2 Å². The molecule has 0 fully saturated rings. The normalized spacial score (nSPS) is 10.6. The van der Waals surface area contributed by atoms with Crippen molar-refractivity contribution in [3.05, 3.63) is 93.8 Å². The van der Waals surface area contributed by atoms with E-state index in [0.717, 1.165) is 5.56 Å². The molecule has 0 atom stereocenters. The molecule has 1 aromatic heterocycles. The molecule has 3 aromatic rings. The van der Waals surface area contributed by atoms with Crippen LogP contribution in [0.2, 0.25) is 0 Å². The molecule has 0 aliphatic heterocycles. The van der Waals surface area contributed by atoms with Crippen LogP contribution in [0.3, 0.4) is 0 Å². The number of hydrogen-bond donors (Lipinski definition) is 1. The fourth-order valence-electron chi connectivity index (χ4n) is 2.55. The molecule has 2 aromatic carbocycles. The van der Waals surface area contributed by atoms with E-state index < -0.39 is 4.92 Å². The van der Waals surface area contributed by atoms with E-state index in [2.05, 4.69) is 15.5 Å². The van der Waals surface area contributed by atoms with Gasteiger partial charge in [0.1, 0.15) is 6.61 Å². The molecule has 30 heavy (non-hydrogen) atoms. The quantitative estimate of drug-likeness (QED) is 0.348. The smallest absolute Gasteiger partial charge is 0.271 e. The van der Waals surface area contributed by atoms with Crippen LogP contribution in [0.1, 0.15) is 21.5 Å². The number of nitrogens with one attached hydrogen (secondary N) is 1. The van der Waals surface area contributed by atoms with Gasteiger partial charge in [0.15, 0.2) is 11.5 Å². The second kappa shape index (κ2) is 9.78. The summed E-state index contributed by atoms with van der Waals surface area (Å²) in [5.74, 6) is 0.548. The van der Waals surface area contributed by atoms with Crippen molar-refractivity contribution in [2.24, 2.45) is 5.10 Å². The van der Waals surface area contributed by atoms with Gasteiger partial charge >= 0.3 is 0 Å². The fraction of sp³-hybridized carbons (Fsp3) is 0.0952. The summed E-state index contributed by atoms with van der Waals surface area (Å²) in [5, 5.41) is 14.8. The van der Waals surface area contributed by atoms with Gasteiger partial charge in [0.25, 0.3) is 11.6 Å². The minimum atomic E-state index is -0.459. The van der Waals surface area contributed by atoms with Gasteiger partial charge in [-0.05, 0) is 42.0 Å². The monoisotopic (exact) mass is 406 g/mol. The highest BCUT2D eigenvalue weighted by molar-refractivity contribution is 5.95. The van der Waals surface area contributed by atoms with E-state index in [9.17, 15) is 14.9 Å². The molecule has 0 aliphatic carbocycles. The number of non-ortho nitro benzene ring substituents is 1. The van der Waals surface area contributed by atoms with Gasteiger partial charge in [0, 0.05) is 35.7 Å². The number of ether oxygens (including phenoxy) is 2. The van der Waals surface area contributed by atoms with Gasteiger partial charge in [0.05, 0.1) is 18.2 Å². The molecule has 1 heterocycles. The molecule has 1 amide bonds. The Morgan fingerprint density at radius 2 is 1.90 bits per heavy atom. The first kappa shape index (κ1) is 20.5. The van der Waals surface area contributed by atoms with E-state index in [1.165, 1.54) is 37.9 Å². The summed E-state index contributed by atoms with van der Waals surface area (Å²) in [7, 11) is 1.51. The largest absolute Gasteiger partial charge is 0.493 e. The van der Waals surface area contributed by atoms with Crippen molar-refractivity contribution in [2.45, 2.75) is 6.61 Å². The number of benzene rings is 2. The van der Waals surface area contributed by atoms with Gasteiger partial charge in [0.2, 0.25) is 0 Å². The molecule has 0 aliphatic rings. The van der Waals surface area contributed by atoms with Crippen molar-refractivity contribution >= 4 is 17.8 Å². The molecule has 1 N–H and O–H groups in total. The molecule has 0 saturated heterocycles. The zero-order chi connectivity index (χ0) is 21.3. The Bertz CT molecular complexity index is 1050. The van der Waals surface area contributed by atoms with Crippen molar-refractivity contribution < 1.29 is 19.2 Å². The Kier molecular flexibility index (Phi) is 6.67. The first-order valence-electron chi connectivity index (χ1n) is 8.85. The zero-order valence-corrected chi connectivity index (χ0v) is 16.0. The molecule has 0 radical (unpaired) electrons. The van der Waals surface area contributed by atoms with Crippen LogP contribution < -0.4 is 14.9 Å². The van der Waals surface area contributed by atoms with Crippen LogP contribution in [0.25, 0.3) is 0 Å². The van der Waals surface area contributed by atoms with Gasteiger partial charge in [-0.25, -0.2) is 5.43 Å². The number of carbonyl (C=O) groups is 1. The Morgan fingerprint density at radius 1 is 1.17 bits per heavy atom. The van der Waals surface area contributed by atoms with Crippen molar-refractivity contribution in [2.75, 3.05) is 7.11 Å². The lowest BCUT2D eigenvalue weighted by Crippen LogP contribution is -2.17. The second-order valence-electron chi connectivity index (χ2n) is 6.03. The number of hydrazone groups is 1. The number of nitro benzene ring substituents is 1. The molecule has 0 saturated carbocycles.